The van der Waals surface area contributed by atoms with E-state index in [1.54, 1.807) is 23.1 Å². The molecular weight excluding hydrogens is 374 g/mol. The van der Waals surface area contributed by atoms with Gasteiger partial charge in [-0.25, -0.2) is 4.98 Å². The van der Waals surface area contributed by atoms with Crippen LogP contribution in [0.15, 0.2) is 23.1 Å². The first kappa shape index (κ1) is 16.7. The summed E-state index contributed by atoms with van der Waals surface area (Å²) in [6.45, 7) is 4.82. The van der Waals surface area contributed by atoms with Crippen molar-refractivity contribution in [3.63, 3.8) is 0 Å². The Balaban J connectivity index is 1.49. The molecule has 1 aliphatic heterocycles. The zero-order chi connectivity index (χ0) is 17.4. The molecule has 6 nitrogen and oxygen atoms in total. The minimum atomic E-state index is 0.0427. The number of hydrogen-bond donors (Lipinski definition) is 0. The molecule has 3 heterocycles. The van der Waals surface area contributed by atoms with Gasteiger partial charge in [-0.2, -0.15) is 0 Å². The van der Waals surface area contributed by atoms with Gasteiger partial charge in [-0.1, -0.05) is 21.9 Å². The Morgan fingerprint density at radius 1 is 1.24 bits per heavy atom. The average Bonchev–Trinajstić information content (AvgIpc) is 3.27. The van der Waals surface area contributed by atoms with Gasteiger partial charge >= 0.3 is 0 Å². The van der Waals surface area contributed by atoms with Crippen molar-refractivity contribution in [3.8, 4) is 0 Å². The SMILES string of the molecule is CSc1cccc2sc(N3CCN(C(=O)c4snnc4C)CC3)nc12. The molecule has 0 spiro atoms. The Morgan fingerprint density at radius 3 is 2.72 bits per heavy atom. The van der Waals surface area contributed by atoms with Gasteiger partial charge in [-0.15, -0.1) is 16.9 Å². The van der Waals surface area contributed by atoms with Gasteiger partial charge in [-0.05, 0) is 36.8 Å². The summed E-state index contributed by atoms with van der Waals surface area (Å²) in [4.78, 5) is 23.4. The van der Waals surface area contributed by atoms with Crippen LogP contribution < -0.4 is 4.90 Å². The zero-order valence-electron chi connectivity index (χ0n) is 13.9. The third-order valence-electron chi connectivity index (χ3n) is 4.27. The first-order chi connectivity index (χ1) is 12.2. The highest BCUT2D eigenvalue weighted by Crippen LogP contribution is 2.34. The van der Waals surface area contributed by atoms with Crippen molar-refractivity contribution in [2.24, 2.45) is 0 Å². The van der Waals surface area contributed by atoms with E-state index >= 15 is 0 Å². The number of thioether (sulfide) groups is 1. The molecule has 4 rings (SSSR count). The summed E-state index contributed by atoms with van der Waals surface area (Å²) in [5.74, 6) is 0.0427. The largest absolute Gasteiger partial charge is 0.345 e. The van der Waals surface area contributed by atoms with E-state index in [0.29, 0.717) is 23.7 Å². The molecule has 0 unspecified atom stereocenters. The van der Waals surface area contributed by atoms with E-state index in [2.05, 4.69) is 38.9 Å². The van der Waals surface area contributed by atoms with Crippen molar-refractivity contribution in [1.29, 1.82) is 0 Å². The number of hydrogen-bond acceptors (Lipinski definition) is 8. The van der Waals surface area contributed by atoms with E-state index in [1.807, 2.05) is 11.8 Å². The second-order valence-electron chi connectivity index (χ2n) is 5.77. The third kappa shape index (κ3) is 3.11. The molecular formula is C16H17N5OS3. The number of fused-ring (bicyclic) bond motifs is 1. The van der Waals surface area contributed by atoms with Crippen LogP contribution in [-0.2, 0) is 0 Å². The molecule has 130 valence electrons. The number of amides is 1. The summed E-state index contributed by atoms with van der Waals surface area (Å²) in [7, 11) is 0. The van der Waals surface area contributed by atoms with Gasteiger partial charge in [0.1, 0.15) is 4.88 Å². The van der Waals surface area contributed by atoms with Gasteiger partial charge in [0, 0.05) is 31.1 Å². The number of piperazine rings is 1. The van der Waals surface area contributed by atoms with E-state index < -0.39 is 0 Å². The van der Waals surface area contributed by atoms with Crippen molar-refractivity contribution in [1.82, 2.24) is 19.5 Å². The van der Waals surface area contributed by atoms with Gasteiger partial charge in [0.05, 0.1) is 15.9 Å². The van der Waals surface area contributed by atoms with Crippen LogP contribution in [0.4, 0.5) is 5.13 Å². The number of thiazole rings is 1. The minimum absolute atomic E-state index is 0.0427. The normalized spacial score (nSPS) is 15.1. The van der Waals surface area contributed by atoms with Crippen molar-refractivity contribution in [2.45, 2.75) is 11.8 Å². The van der Waals surface area contributed by atoms with Crippen molar-refractivity contribution < 1.29 is 4.79 Å². The van der Waals surface area contributed by atoms with E-state index in [1.165, 1.54) is 21.1 Å². The lowest BCUT2D eigenvalue weighted by Gasteiger charge is -2.34. The number of carbonyl (C=O) groups is 1. The predicted molar refractivity (Wildman–Crippen MR) is 104 cm³/mol. The molecule has 1 amide bonds. The second kappa shape index (κ2) is 6.89. The summed E-state index contributed by atoms with van der Waals surface area (Å²) in [6, 6.07) is 6.31. The topological polar surface area (TPSA) is 62.2 Å². The number of benzene rings is 1. The Hall–Kier alpha value is -1.71. The lowest BCUT2D eigenvalue weighted by Crippen LogP contribution is -2.48. The van der Waals surface area contributed by atoms with Crippen LogP contribution in [0.2, 0.25) is 0 Å². The van der Waals surface area contributed by atoms with Crippen molar-refractivity contribution in [2.75, 3.05) is 37.3 Å². The fourth-order valence-corrected chi connectivity index (χ4v) is 5.18. The molecule has 0 bridgehead atoms. The van der Waals surface area contributed by atoms with Crippen LogP contribution in [0.3, 0.4) is 0 Å². The molecule has 0 N–H and O–H groups in total. The minimum Gasteiger partial charge on any atom is -0.345 e. The number of aromatic nitrogens is 3. The number of nitrogens with zero attached hydrogens (tertiary/aromatic N) is 5. The summed E-state index contributed by atoms with van der Waals surface area (Å²) in [6.07, 6.45) is 2.08. The molecule has 0 atom stereocenters. The van der Waals surface area contributed by atoms with Gasteiger partial charge in [-0.3, -0.25) is 4.79 Å². The molecule has 9 heteroatoms. The highest BCUT2D eigenvalue weighted by atomic mass is 32.2. The number of aryl methyl sites for hydroxylation is 1. The zero-order valence-corrected chi connectivity index (χ0v) is 16.4. The smallest absolute Gasteiger partial charge is 0.267 e. The molecule has 25 heavy (non-hydrogen) atoms. The molecule has 0 aliphatic carbocycles. The van der Waals surface area contributed by atoms with Gasteiger partial charge in [0.15, 0.2) is 5.13 Å². The first-order valence-corrected chi connectivity index (χ1v) is 10.8. The number of anilines is 1. The quantitative estimate of drug-likeness (QED) is 0.639. The lowest BCUT2D eigenvalue weighted by molar-refractivity contribution is 0.0750. The molecule has 1 aliphatic rings. The first-order valence-electron chi connectivity index (χ1n) is 7.94. The van der Waals surface area contributed by atoms with Crippen LogP contribution in [0.5, 0.6) is 0 Å². The van der Waals surface area contributed by atoms with Crippen LogP contribution >= 0.6 is 34.6 Å². The molecule has 1 saturated heterocycles. The monoisotopic (exact) mass is 391 g/mol. The maximum Gasteiger partial charge on any atom is 0.267 e. The summed E-state index contributed by atoms with van der Waals surface area (Å²) < 4.78 is 5.08. The number of rotatable bonds is 3. The Morgan fingerprint density at radius 2 is 2.04 bits per heavy atom. The lowest BCUT2D eigenvalue weighted by atomic mass is 10.3. The van der Waals surface area contributed by atoms with Crippen LogP contribution in [0, 0.1) is 6.92 Å². The van der Waals surface area contributed by atoms with Gasteiger partial charge < -0.3 is 9.80 Å². The Bertz CT molecular complexity index is 914. The van der Waals surface area contributed by atoms with Crippen molar-refractivity contribution in [3.05, 3.63) is 28.8 Å². The standard InChI is InChI=1S/C16H17N5OS3/c1-10-14(25-19-18-10)15(22)20-6-8-21(9-7-20)16-17-13-11(23-2)4-3-5-12(13)24-16/h3-5H,6-9H2,1-2H3. The fraction of sp³-hybridized carbons (Fsp3) is 0.375. The van der Waals surface area contributed by atoms with E-state index in [4.69, 9.17) is 4.98 Å². The van der Waals surface area contributed by atoms with E-state index in [9.17, 15) is 4.79 Å². The van der Waals surface area contributed by atoms with Crippen molar-refractivity contribution >= 4 is 55.9 Å². The highest BCUT2D eigenvalue weighted by Gasteiger charge is 2.26. The Kier molecular flexibility index (Phi) is 4.61. The average molecular weight is 392 g/mol. The maximum atomic E-state index is 12.6. The summed E-state index contributed by atoms with van der Waals surface area (Å²) >= 11 is 4.62. The number of carbonyl (C=O) groups excluding carboxylic acids is 1. The maximum absolute atomic E-state index is 12.6. The van der Waals surface area contributed by atoms with Crippen LogP contribution in [0.25, 0.3) is 10.2 Å². The Labute approximate surface area is 158 Å². The molecule has 2 aromatic heterocycles. The molecule has 0 saturated carbocycles. The fourth-order valence-electron chi connectivity index (χ4n) is 2.88. The summed E-state index contributed by atoms with van der Waals surface area (Å²) in [5, 5.41) is 4.98. The van der Waals surface area contributed by atoms with Gasteiger partial charge in [0.2, 0.25) is 0 Å². The summed E-state index contributed by atoms with van der Waals surface area (Å²) in [5.41, 5.74) is 1.80. The van der Waals surface area contributed by atoms with Crippen LogP contribution in [-0.4, -0.2) is 57.8 Å². The van der Waals surface area contributed by atoms with Crippen LogP contribution in [0.1, 0.15) is 15.4 Å². The molecule has 3 aromatic rings. The second-order valence-corrected chi connectivity index (χ2v) is 8.38. The number of para-hydroxylation sites is 1. The van der Waals surface area contributed by atoms with Gasteiger partial charge in [0.25, 0.3) is 5.91 Å². The molecule has 0 radical (unpaired) electrons. The predicted octanol–water partition coefficient (Wildman–Crippen LogP) is 3.14. The third-order valence-corrected chi connectivity index (χ3v) is 6.94. The molecule has 1 aromatic carbocycles. The van der Waals surface area contributed by atoms with E-state index in [-0.39, 0.29) is 5.91 Å². The van der Waals surface area contributed by atoms with E-state index in [0.717, 1.165) is 23.7 Å². The molecule has 1 fully saturated rings. The highest BCUT2D eigenvalue weighted by molar-refractivity contribution is 7.98.